The van der Waals surface area contributed by atoms with Crippen LogP contribution < -0.4 is 5.32 Å². The van der Waals surface area contributed by atoms with Crippen molar-refractivity contribution in [1.29, 1.82) is 0 Å². The molecule has 1 aliphatic heterocycles. The van der Waals surface area contributed by atoms with E-state index < -0.39 is 0 Å². The molecule has 0 spiro atoms. The van der Waals surface area contributed by atoms with Crippen molar-refractivity contribution in [1.82, 2.24) is 10.2 Å². The number of benzene rings is 1. The van der Waals surface area contributed by atoms with E-state index in [1.807, 2.05) is 19.2 Å². The molecule has 0 radical (unpaired) electrons. The molecular formula is C15H22BrClN2O. The Morgan fingerprint density at radius 1 is 1.40 bits per heavy atom. The van der Waals surface area contributed by atoms with E-state index in [2.05, 4.69) is 32.2 Å². The molecule has 5 heteroatoms. The number of ether oxygens (including phenoxy) is 1. The number of hydrogen-bond donors (Lipinski definition) is 1. The minimum atomic E-state index is 0.291. The number of halogens is 2. The summed E-state index contributed by atoms with van der Waals surface area (Å²) in [6.07, 6.45) is 2.18. The van der Waals surface area contributed by atoms with Crippen molar-refractivity contribution in [3.8, 4) is 0 Å². The lowest BCUT2D eigenvalue weighted by Crippen LogP contribution is -2.30. The summed E-state index contributed by atoms with van der Waals surface area (Å²) in [6, 6.07) is 6.39. The molecule has 112 valence electrons. The minimum Gasteiger partial charge on any atom is -0.380 e. The van der Waals surface area contributed by atoms with Crippen LogP contribution in [0.25, 0.3) is 0 Å². The van der Waals surface area contributed by atoms with Crippen molar-refractivity contribution in [3.63, 3.8) is 0 Å². The first kappa shape index (κ1) is 16.2. The Kier molecular flexibility index (Phi) is 6.78. The van der Waals surface area contributed by atoms with Crippen LogP contribution in [-0.4, -0.2) is 44.8 Å². The summed E-state index contributed by atoms with van der Waals surface area (Å²) in [5.41, 5.74) is 1.17. The Bertz CT molecular complexity index is 422. The number of hydrogen-bond acceptors (Lipinski definition) is 3. The van der Waals surface area contributed by atoms with E-state index in [1.54, 1.807) is 0 Å². The second-order valence-electron chi connectivity index (χ2n) is 5.10. The Hall–Kier alpha value is -0.130. The van der Waals surface area contributed by atoms with Gasteiger partial charge >= 0.3 is 0 Å². The Morgan fingerprint density at radius 3 is 3.00 bits per heavy atom. The van der Waals surface area contributed by atoms with E-state index in [0.717, 1.165) is 55.2 Å². The lowest BCUT2D eigenvalue weighted by atomic mass is 10.0. The van der Waals surface area contributed by atoms with Crippen molar-refractivity contribution in [2.75, 3.05) is 39.9 Å². The van der Waals surface area contributed by atoms with Gasteiger partial charge in [0, 0.05) is 41.8 Å². The first-order chi connectivity index (χ1) is 9.70. The summed E-state index contributed by atoms with van der Waals surface area (Å²) in [5, 5.41) is 4.19. The maximum Gasteiger partial charge on any atom is 0.0593 e. The van der Waals surface area contributed by atoms with Crippen LogP contribution in [0.2, 0.25) is 5.02 Å². The highest BCUT2D eigenvalue weighted by Gasteiger charge is 2.16. The average Bonchev–Trinajstić information content (AvgIpc) is 2.70. The molecule has 0 aromatic heterocycles. The average molecular weight is 362 g/mol. The third kappa shape index (κ3) is 4.71. The van der Waals surface area contributed by atoms with Crippen LogP contribution in [0.3, 0.4) is 0 Å². The lowest BCUT2D eigenvalue weighted by Gasteiger charge is -2.24. The van der Waals surface area contributed by atoms with Crippen molar-refractivity contribution in [3.05, 3.63) is 33.3 Å². The molecule has 1 aliphatic rings. The molecule has 3 nitrogen and oxygen atoms in total. The molecule has 0 bridgehead atoms. The molecule has 1 fully saturated rings. The fourth-order valence-electron chi connectivity index (χ4n) is 2.57. The molecule has 1 unspecified atom stereocenters. The highest BCUT2D eigenvalue weighted by atomic mass is 79.9. The van der Waals surface area contributed by atoms with E-state index in [1.165, 1.54) is 5.56 Å². The topological polar surface area (TPSA) is 24.5 Å². The van der Waals surface area contributed by atoms with Gasteiger partial charge in [0.1, 0.15) is 0 Å². The summed E-state index contributed by atoms with van der Waals surface area (Å²) in [7, 11) is 1.99. The number of nitrogens with one attached hydrogen (secondary N) is 1. The smallest absolute Gasteiger partial charge is 0.0593 e. The van der Waals surface area contributed by atoms with Gasteiger partial charge in [-0.15, -0.1) is 0 Å². The molecule has 0 saturated carbocycles. The zero-order valence-electron chi connectivity index (χ0n) is 11.9. The van der Waals surface area contributed by atoms with E-state index in [4.69, 9.17) is 16.3 Å². The Balaban J connectivity index is 1.94. The zero-order chi connectivity index (χ0) is 14.4. The van der Waals surface area contributed by atoms with E-state index in [9.17, 15) is 0 Å². The van der Waals surface area contributed by atoms with Gasteiger partial charge in [-0.3, -0.25) is 0 Å². The van der Waals surface area contributed by atoms with Crippen molar-refractivity contribution < 1.29 is 4.74 Å². The second-order valence-corrected chi connectivity index (χ2v) is 6.43. The largest absolute Gasteiger partial charge is 0.380 e. The Labute approximate surface area is 134 Å². The zero-order valence-corrected chi connectivity index (χ0v) is 14.2. The lowest BCUT2D eigenvalue weighted by molar-refractivity contribution is 0.140. The molecule has 1 atom stereocenters. The summed E-state index contributed by atoms with van der Waals surface area (Å²) in [6.45, 7) is 4.98. The summed E-state index contributed by atoms with van der Waals surface area (Å²) < 4.78 is 6.51. The fraction of sp³-hybridized carbons (Fsp3) is 0.600. The molecule has 1 N–H and O–H groups in total. The highest BCUT2D eigenvalue weighted by Crippen LogP contribution is 2.28. The van der Waals surface area contributed by atoms with Gasteiger partial charge in [-0.2, -0.15) is 0 Å². The number of nitrogens with zero attached hydrogens (tertiary/aromatic N) is 1. The minimum absolute atomic E-state index is 0.291. The predicted octanol–water partition coefficient (Wildman–Crippen LogP) is 3.48. The van der Waals surface area contributed by atoms with Crippen LogP contribution in [0, 0.1) is 0 Å². The van der Waals surface area contributed by atoms with Crippen LogP contribution in [0.4, 0.5) is 0 Å². The molecular weight excluding hydrogens is 340 g/mol. The van der Waals surface area contributed by atoms with E-state index in [-0.39, 0.29) is 0 Å². The van der Waals surface area contributed by atoms with Gasteiger partial charge in [0.25, 0.3) is 0 Å². The number of rotatable bonds is 5. The highest BCUT2D eigenvalue weighted by molar-refractivity contribution is 9.10. The first-order valence-electron chi connectivity index (χ1n) is 7.13. The summed E-state index contributed by atoms with van der Waals surface area (Å²) in [5.74, 6) is 0. The predicted molar refractivity (Wildman–Crippen MR) is 87.4 cm³/mol. The quantitative estimate of drug-likeness (QED) is 0.869. The van der Waals surface area contributed by atoms with Crippen molar-refractivity contribution in [2.24, 2.45) is 0 Å². The van der Waals surface area contributed by atoms with Gasteiger partial charge < -0.3 is 15.0 Å². The molecule has 1 saturated heterocycles. The second kappa shape index (κ2) is 8.35. The first-order valence-corrected chi connectivity index (χ1v) is 8.30. The summed E-state index contributed by atoms with van der Waals surface area (Å²) >= 11 is 9.80. The van der Waals surface area contributed by atoms with Crippen LogP contribution in [0.15, 0.2) is 22.7 Å². The van der Waals surface area contributed by atoms with Gasteiger partial charge in [-0.05, 0) is 37.6 Å². The molecule has 2 rings (SSSR count). The van der Waals surface area contributed by atoms with Gasteiger partial charge in [0.05, 0.1) is 6.61 Å². The van der Waals surface area contributed by atoms with Crippen molar-refractivity contribution >= 4 is 27.5 Å². The molecule has 20 heavy (non-hydrogen) atoms. The van der Waals surface area contributed by atoms with Gasteiger partial charge in [0.15, 0.2) is 0 Å². The standard InChI is InChI=1S/C15H22BrClN2O/c1-18-15(13-4-3-12(16)11-14(13)17)5-7-19-6-2-9-20-10-8-19/h3-4,11,15,18H,2,5-10H2,1H3. The SMILES string of the molecule is CNC(CCN1CCCOCC1)c1ccc(Br)cc1Cl. The van der Waals surface area contributed by atoms with Gasteiger partial charge in [-0.1, -0.05) is 33.6 Å². The third-order valence-corrected chi connectivity index (χ3v) is 4.56. The maximum absolute atomic E-state index is 6.35. The third-order valence-electron chi connectivity index (χ3n) is 3.74. The molecule has 1 aromatic carbocycles. The summed E-state index contributed by atoms with van der Waals surface area (Å²) in [4.78, 5) is 2.48. The fourth-order valence-corrected chi connectivity index (χ4v) is 3.38. The van der Waals surface area contributed by atoms with Gasteiger partial charge in [-0.25, -0.2) is 0 Å². The monoisotopic (exact) mass is 360 g/mol. The van der Waals surface area contributed by atoms with Crippen LogP contribution in [0.1, 0.15) is 24.4 Å². The molecule has 0 aliphatic carbocycles. The van der Waals surface area contributed by atoms with Crippen LogP contribution >= 0.6 is 27.5 Å². The molecule has 0 amide bonds. The normalized spacial score (nSPS) is 18.8. The maximum atomic E-state index is 6.35. The molecule has 1 aromatic rings. The van der Waals surface area contributed by atoms with Crippen LogP contribution in [-0.2, 0) is 4.74 Å². The van der Waals surface area contributed by atoms with E-state index >= 15 is 0 Å². The van der Waals surface area contributed by atoms with E-state index in [0.29, 0.717) is 6.04 Å². The van der Waals surface area contributed by atoms with Crippen LogP contribution in [0.5, 0.6) is 0 Å². The van der Waals surface area contributed by atoms with Gasteiger partial charge in [0.2, 0.25) is 0 Å². The van der Waals surface area contributed by atoms with Crippen molar-refractivity contribution in [2.45, 2.75) is 18.9 Å². The Morgan fingerprint density at radius 2 is 2.25 bits per heavy atom. The molecule has 1 heterocycles.